The van der Waals surface area contributed by atoms with Gasteiger partial charge in [-0.2, -0.15) is 4.58 Å². The van der Waals surface area contributed by atoms with Gasteiger partial charge in [0.15, 0.2) is 5.71 Å². The van der Waals surface area contributed by atoms with E-state index in [0.29, 0.717) is 25.8 Å². The molecule has 0 atom stereocenters. The molecular weight excluding hydrogens is 677 g/mol. The van der Waals surface area contributed by atoms with Crippen molar-refractivity contribution in [3.63, 3.8) is 0 Å². The molecule has 2 aromatic carbocycles. The average Bonchev–Trinajstić information content (AvgIpc) is 3.61. The molecule has 3 heterocycles. The molecule has 0 saturated heterocycles. The summed E-state index contributed by atoms with van der Waals surface area (Å²) in [7, 11) is -4.23. The number of allylic oxidation sites excluding steroid dienone is 6. The van der Waals surface area contributed by atoms with Crippen LogP contribution in [-0.4, -0.2) is 77.8 Å². The second kappa shape index (κ2) is 16.4. The molecule has 3 aliphatic rings. The third-order valence-corrected chi connectivity index (χ3v) is 11.0. The number of amides is 3. The van der Waals surface area contributed by atoms with Crippen LogP contribution in [0.4, 0.5) is 11.4 Å². The molecular formula is C41H50N4O6S. The van der Waals surface area contributed by atoms with Crippen molar-refractivity contribution in [1.29, 1.82) is 0 Å². The first-order valence-corrected chi connectivity index (χ1v) is 19.7. The van der Waals surface area contributed by atoms with Crippen LogP contribution in [0.15, 0.2) is 96.8 Å². The zero-order chi connectivity index (χ0) is 37.5. The number of hydrogen-bond donors (Lipinski definition) is 1. The van der Waals surface area contributed by atoms with Crippen molar-refractivity contribution in [2.75, 3.05) is 36.8 Å². The number of fused-ring (bicyclic) bond motifs is 2. The van der Waals surface area contributed by atoms with Crippen molar-refractivity contribution in [1.82, 2.24) is 10.2 Å². The van der Waals surface area contributed by atoms with E-state index in [-0.39, 0.29) is 47.4 Å². The molecule has 276 valence electrons. The van der Waals surface area contributed by atoms with Gasteiger partial charge in [0.1, 0.15) is 6.54 Å². The molecule has 0 spiro atoms. The van der Waals surface area contributed by atoms with E-state index >= 15 is 0 Å². The summed E-state index contributed by atoms with van der Waals surface area (Å²) in [5.41, 5.74) is 6.67. The molecule has 0 aliphatic carbocycles. The van der Waals surface area contributed by atoms with Crippen molar-refractivity contribution in [2.24, 2.45) is 0 Å². The number of carbonyl (C=O) groups is 3. The lowest BCUT2D eigenvalue weighted by Gasteiger charge is -2.27. The van der Waals surface area contributed by atoms with Gasteiger partial charge in [0.25, 0.3) is 11.8 Å². The fourth-order valence-corrected chi connectivity index (χ4v) is 8.01. The van der Waals surface area contributed by atoms with Gasteiger partial charge in [-0.3, -0.25) is 19.3 Å². The minimum atomic E-state index is -4.23. The SMILES string of the molecule is CC1(C)C(/C=C/C=C/C=C2/N(CCCCS(=O)(=O)[O-])c3ccccc3C2(C)C)=[N+](CCCCCC(=O)NCCN2C(=O)C=CC2=O)c2ccccc21. The van der Waals surface area contributed by atoms with Crippen LogP contribution >= 0.6 is 0 Å². The van der Waals surface area contributed by atoms with E-state index in [0.717, 1.165) is 42.1 Å². The average molecular weight is 727 g/mol. The summed E-state index contributed by atoms with van der Waals surface area (Å²) >= 11 is 0. The van der Waals surface area contributed by atoms with Gasteiger partial charge in [-0.05, 0) is 57.2 Å². The number of nitrogens with zero attached hydrogens (tertiary/aromatic N) is 3. The van der Waals surface area contributed by atoms with E-state index in [1.165, 1.54) is 34.7 Å². The summed E-state index contributed by atoms with van der Waals surface area (Å²) < 4.78 is 35.9. The summed E-state index contributed by atoms with van der Waals surface area (Å²) in [4.78, 5) is 39.1. The molecule has 3 aliphatic heterocycles. The van der Waals surface area contributed by atoms with Gasteiger partial charge in [0.05, 0.1) is 15.5 Å². The summed E-state index contributed by atoms with van der Waals surface area (Å²) in [6, 6.07) is 16.8. The van der Waals surface area contributed by atoms with Gasteiger partial charge >= 0.3 is 0 Å². The maximum Gasteiger partial charge on any atom is 0.253 e. The fourth-order valence-electron chi connectivity index (χ4n) is 7.45. The van der Waals surface area contributed by atoms with Crippen LogP contribution < -0.4 is 10.2 Å². The van der Waals surface area contributed by atoms with E-state index < -0.39 is 10.1 Å². The molecule has 0 bridgehead atoms. The number of hydrogen-bond acceptors (Lipinski definition) is 7. The van der Waals surface area contributed by atoms with Crippen LogP contribution in [0.25, 0.3) is 0 Å². The Morgan fingerprint density at radius 2 is 1.50 bits per heavy atom. The minimum Gasteiger partial charge on any atom is -0.748 e. The van der Waals surface area contributed by atoms with Crippen LogP contribution in [0, 0.1) is 0 Å². The molecule has 11 heteroatoms. The first kappa shape index (κ1) is 38.6. The van der Waals surface area contributed by atoms with Crippen molar-refractivity contribution in [3.8, 4) is 0 Å². The number of unbranched alkanes of at least 4 members (excludes halogenated alkanes) is 3. The number of benzene rings is 2. The molecule has 0 unspecified atom stereocenters. The molecule has 0 saturated carbocycles. The topological polar surface area (TPSA) is 130 Å². The normalized spacial score (nSPS) is 18.4. The third-order valence-electron chi connectivity index (χ3n) is 10.2. The second-order valence-corrected chi connectivity index (χ2v) is 16.1. The Hall–Kier alpha value is -4.61. The Morgan fingerprint density at radius 3 is 2.23 bits per heavy atom. The zero-order valence-corrected chi connectivity index (χ0v) is 31.5. The standard InChI is InChI=1S/C41H50N4O6S/c1-40(2)31-17-10-12-19-33(31)43(27-14-6-9-23-37(46)42-26-29-45-38(47)24-25-39(45)48)35(40)21-7-5-8-22-36-41(3,4)32-18-11-13-20-34(32)44(36)28-15-16-30-52(49,50)51/h5,7-8,10-13,17-22,24-25H,6,9,14-16,23,26-30H2,1-4H3,(H-,42,46,49,50,51). The number of para-hydroxylation sites is 2. The highest BCUT2D eigenvalue weighted by molar-refractivity contribution is 7.85. The highest BCUT2D eigenvalue weighted by Crippen LogP contribution is 2.47. The van der Waals surface area contributed by atoms with Crippen LogP contribution in [0.3, 0.4) is 0 Å². The van der Waals surface area contributed by atoms with E-state index in [9.17, 15) is 27.4 Å². The summed E-state index contributed by atoms with van der Waals surface area (Å²) in [6.45, 7) is 10.7. The lowest BCUT2D eigenvalue weighted by atomic mass is 9.81. The monoisotopic (exact) mass is 726 g/mol. The maximum atomic E-state index is 12.4. The molecule has 2 aromatic rings. The third kappa shape index (κ3) is 8.87. The minimum absolute atomic E-state index is 0.0839. The number of rotatable bonds is 17. The molecule has 5 rings (SSSR count). The lowest BCUT2D eigenvalue weighted by molar-refractivity contribution is -0.438. The number of imide groups is 1. The maximum absolute atomic E-state index is 12.4. The van der Waals surface area contributed by atoms with E-state index in [1.807, 2.05) is 18.2 Å². The molecule has 10 nitrogen and oxygen atoms in total. The van der Waals surface area contributed by atoms with Gasteiger partial charge < -0.3 is 14.8 Å². The van der Waals surface area contributed by atoms with Crippen molar-refractivity contribution < 1.29 is 31.9 Å². The quantitative estimate of drug-likeness (QED) is 0.0719. The Labute approximate surface area is 308 Å². The molecule has 0 aromatic heterocycles. The highest BCUT2D eigenvalue weighted by atomic mass is 32.2. The Morgan fingerprint density at radius 1 is 0.808 bits per heavy atom. The van der Waals surface area contributed by atoms with Gasteiger partial charge in [-0.1, -0.05) is 68.5 Å². The Kier molecular flexibility index (Phi) is 12.2. The van der Waals surface area contributed by atoms with Crippen molar-refractivity contribution >= 4 is 44.9 Å². The highest BCUT2D eigenvalue weighted by Gasteiger charge is 2.44. The summed E-state index contributed by atoms with van der Waals surface area (Å²) in [6.07, 6.45) is 16.8. The Balaban J connectivity index is 1.22. The summed E-state index contributed by atoms with van der Waals surface area (Å²) in [5, 5.41) is 2.81. The first-order valence-electron chi connectivity index (χ1n) is 18.1. The lowest BCUT2D eigenvalue weighted by Crippen LogP contribution is -2.38. The summed E-state index contributed by atoms with van der Waals surface area (Å²) in [5.74, 6) is -1.13. The largest absolute Gasteiger partial charge is 0.748 e. The molecule has 1 N–H and O–H groups in total. The van der Waals surface area contributed by atoms with Gasteiger partial charge in [0.2, 0.25) is 11.6 Å². The molecule has 52 heavy (non-hydrogen) atoms. The predicted molar refractivity (Wildman–Crippen MR) is 204 cm³/mol. The number of carbonyl (C=O) groups excluding carboxylic acids is 3. The molecule has 0 fully saturated rings. The fraction of sp³-hybridized carbons (Fsp3) is 0.415. The van der Waals surface area contributed by atoms with E-state index in [2.05, 4.69) is 103 Å². The zero-order valence-electron chi connectivity index (χ0n) is 30.6. The Bertz CT molecular complexity index is 1940. The van der Waals surface area contributed by atoms with Crippen molar-refractivity contribution in [2.45, 2.75) is 77.0 Å². The van der Waals surface area contributed by atoms with Gasteiger partial charge in [-0.15, -0.1) is 0 Å². The van der Waals surface area contributed by atoms with Crippen LogP contribution in [-0.2, 0) is 35.3 Å². The van der Waals surface area contributed by atoms with Crippen LogP contribution in [0.2, 0.25) is 0 Å². The van der Waals surface area contributed by atoms with Crippen LogP contribution in [0.5, 0.6) is 0 Å². The number of anilines is 1. The van der Waals surface area contributed by atoms with Crippen LogP contribution in [0.1, 0.15) is 77.3 Å². The van der Waals surface area contributed by atoms with E-state index in [4.69, 9.17) is 0 Å². The first-order chi connectivity index (χ1) is 24.7. The number of nitrogens with one attached hydrogen (secondary N) is 1. The molecule has 0 radical (unpaired) electrons. The molecule has 3 amide bonds. The van der Waals surface area contributed by atoms with Gasteiger partial charge in [0, 0.05) is 84.9 Å². The van der Waals surface area contributed by atoms with Crippen molar-refractivity contribution in [3.05, 3.63) is 108 Å². The van der Waals surface area contributed by atoms with E-state index in [1.54, 1.807) is 0 Å². The second-order valence-electron chi connectivity index (χ2n) is 14.6. The smallest absolute Gasteiger partial charge is 0.253 e. The predicted octanol–water partition coefficient (Wildman–Crippen LogP) is 5.78. The van der Waals surface area contributed by atoms with Gasteiger partial charge in [-0.25, -0.2) is 8.42 Å².